The number of aromatic nitrogens is 2. The van der Waals surface area contributed by atoms with Gasteiger partial charge in [0.2, 0.25) is 5.56 Å². The first kappa shape index (κ1) is 13.8. The molecule has 98 valence electrons. The van der Waals surface area contributed by atoms with Gasteiger partial charge in [0.05, 0.1) is 11.3 Å². The van der Waals surface area contributed by atoms with Crippen molar-refractivity contribution in [1.82, 2.24) is 9.55 Å². The number of nitrogens with one attached hydrogen (secondary N) is 1. The second-order valence-corrected chi connectivity index (χ2v) is 5.09. The van der Waals surface area contributed by atoms with E-state index in [1.54, 1.807) is 13.1 Å². The molecule has 0 bridgehead atoms. The third-order valence-electron chi connectivity index (χ3n) is 2.39. The molecule has 0 aliphatic heterocycles. The second-order valence-electron chi connectivity index (χ2n) is 3.81. The maximum Gasteiger partial charge on any atom is 0.258 e. The molecular formula is C12H9BrClN3O2. The Morgan fingerprint density at radius 2 is 2.21 bits per heavy atom. The van der Waals surface area contributed by atoms with Gasteiger partial charge in [-0.1, -0.05) is 11.6 Å². The number of rotatable bonds is 2. The van der Waals surface area contributed by atoms with Crippen molar-refractivity contribution in [2.75, 3.05) is 5.32 Å². The van der Waals surface area contributed by atoms with Gasteiger partial charge in [-0.2, -0.15) is 0 Å². The summed E-state index contributed by atoms with van der Waals surface area (Å²) in [4.78, 5) is 27.2. The van der Waals surface area contributed by atoms with Gasteiger partial charge in [0, 0.05) is 30.0 Å². The average molecular weight is 343 g/mol. The van der Waals surface area contributed by atoms with Crippen molar-refractivity contribution in [2.24, 2.45) is 7.05 Å². The summed E-state index contributed by atoms with van der Waals surface area (Å²) in [6.45, 7) is 0. The standard InChI is InChI=1S/C12H9BrClN3O2/c1-17-6-8(2-3-10(17)18)16-12(19)9-4-7(13)5-15-11(9)14/h2-6H,1H3,(H,16,19). The summed E-state index contributed by atoms with van der Waals surface area (Å²) in [5.41, 5.74) is 0.605. The molecule has 2 rings (SSSR count). The van der Waals surface area contributed by atoms with Crippen molar-refractivity contribution < 1.29 is 4.79 Å². The maximum atomic E-state index is 12.0. The molecule has 2 heterocycles. The van der Waals surface area contributed by atoms with Gasteiger partial charge in [-0.15, -0.1) is 0 Å². The van der Waals surface area contributed by atoms with Gasteiger partial charge in [0.15, 0.2) is 0 Å². The topological polar surface area (TPSA) is 64.0 Å². The lowest BCUT2D eigenvalue weighted by molar-refractivity contribution is 0.102. The Morgan fingerprint density at radius 3 is 2.89 bits per heavy atom. The van der Waals surface area contributed by atoms with Crippen LogP contribution in [0.5, 0.6) is 0 Å². The fourth-order valence-corrected chi connectivity index (χ4v) is 1.97. The van der Waals surface area contributed by atoms with Crippen molar-refractivity contribution in [3.8, 4) is 0 Å². The predicted molar refractivity (Wildman–Crippen MR) is 76.6 cm³/mol. The van der Waals surface area contributed by atoms with Gasteiger partial charge in [-0.3, -0.25) is 9.59 Å². The van der Waals surface area contributed by atoms with E-state index in [4.69, 9.17) is 11.6 Å². The number of carbonyl (C=O) groups is 1. The lowest BCUT2D eigenvalue weighted by Gasteiger charge is -2.07. The van der Waals surface area contributed by atoms with E-state index in [0.29, 0.717) is 10.2 Å². The number of nitrogens with zero attached hydrogens (tertiary/aromatic N) is 2. The molecule has 2 aromatic rings. The molecule has 5 nitrogen and oxygen atoms in total. The van der Waals surface area contributed by atoms with E-state index in [-0.39, 0.29) is 16.3 Å². The highest BCUT2D eigenvalue weighted by Gasteiger charge is 2.12. The lowest BCUT2D eigenvalue weighted by Crippen LogP contribution is -2.18. The molecule has 0 atom stereocenters. The quantitative estimate of drug-likeness (QED) is 0.853. The van der Waals surface area contributed by atoms with Crippen LogP contribution < -0.4 is 10.9 Å². The zero-order valence-corrected chi connectivity index (χ0v) is 12.2. The SMILES string of the molecule is Cn1cc(NC(=O)c2cc(Br)cnc2Cl)ccc1=O. The van der Waals surface area contributed by atoms with Gasteiger partial charge in [-0.05, 0) is 28.1 Å². The Kier molecular flexibility index (Phi) is 4.01. The monoisotopic (exact) mass is 341 g/mol. The van der Waals surface area contributed by atoms with E-state index < -0.39 is 5.91 Å². The summed E-state index contributed by atoms with van der Waals surface area (Å²) in [5, 5.41) is 2.77. The van der Waals surface area contributed by atoms with Crippen LogP contribution in [0.4, 0.5) is 5.69 Å². The predicted octanol–water partition coefficient (Wildman–Crippen LogP) is 2.45. The third kappa shape index (κ3) is 3.21. The number of pyridine rings is 2. The Balaban J connectivity index is 2.28. The van der Waals surface area contributed by atoms with Gasteiger partial charge < -0.3 is 9.88 Å². The minimum absolute atomic E-state index is 0.116. The Hall–Kier alpha value is -1.66. The van der Waals surface area contributed by atoms with E-state index in [2.05, 4.69) is 26.2 Å². The normalized spacial score (nSPS) is 10.3. The highest BCUT2D eigenvalue weighted by atomic mass is 79.9. The van der Waals surface area contributed by atoms with Crippen molar-refractivity contribution >= 4 is 39.1 Å². The average Bonchev–Trinajstić information content (AvgIpc) is 2.36. The fourth-order valence-electron chi connectivity index (χ4n) is 1.45. The molecule has 0 saturated heterocycles. The van der Waals surface area contributed by atoms with Crippen molar-refractivity contribution in [2.45, 2.75) is 0 Å². The minimum atomic E-state index is -0.391. The Labute approximate surface area is 122 Å². The number of aryl methyl sites for hydroxylation is 1. The first-order chi connectivity index (χ1) is 8.97. The van der Waals surface area contributed by atoms with E-state index in [1.807, 2.05) is 0 Å². The largest absolute Gasteiger partial charge is 0.321 e. The van der Waals surface area contributed by atoms with Crippen LogP contribution in [0.25, 0.3) is 0 Å². The van der Waals surface area contributed by atoms with Crippen LogP contribution in [0.15, 0.2) is 39.9 Å². The summed E-state index contributed by atoms with van der Waals surface area (Å²) in [5.74, 6) is -0.391. The maximum absolute atomic E-state index is 12.0. The highest BCUT2D eigenvalue weighted by Crippen LogP contribution is 2.19. The van der Waals surface area contributed by atoms with Crippen LogP contribution in [-0.4, -0.2) is 15.5 Å². The van der Waals surface area contributed by atoms with Crippen LogP contribution in [0.1, 0.15) is 10.4 Å². The summed E-state index contributed by atoms with van der Waals surface area (Å²) in [6.07, 6.45) is 3.03. The first-order valence-corrected chi connectivity index (χ1v) is 6.43. The van der Waals surface area contributed by atoms with Gasteiger partial charge in [0.25, 0.3) is 5.91 Å². The molecule has 0 aliphatic rings. The molecule has 0 fully saturated rings. The Bertz CT molecular complexity index is 700. The van der Waals surface area contributed by atoms with E-state index in [1.165, 1.54) is 29.1 Å². The van der Waals surface area contributed by atoms with Crippen molar-refractivity contribution in [3.05, 3.63) is 56.1 Å². The van der Waals surface area contributed by atoms with Crippen molar-refractivity contribution in [1.29, 1.82) is 0 Å². The van der Waals surface area contributed by atoms with Crippen LogP contribution >= 0.6 is 27.5 Å². The first-order valence-electron chi connectivity index (χ1n) is 5.26. The molecule has 2 aromatic heterocycles. The van der Waals surface area contributed by atoms with E-state index >= 15 is 0 Å². The molecule has 0 saturated carbocycles. The number of carbonyl (C=O) groups excluding carboxylic acids is 1. The molecule has 1 amide bonds. The summed E-state index contributed by atoms with van der Waals surface area (Å²) in [7, 11) is 1.60. The molecule has 0 unspecified atom stereocenters. The fraction of sp³-hybridized carbons (Fsp3) is 0.0833. The molecule has 0 spiro atoms. The van der Waals surface area contributed by atoms with E-state index in [9.17, 15) is 9.59 Å². The molecule has 7 heteroatoms. The summed E-state index contributed by atoms with van der Waals surface area (Å²) in [6, 6.07) is 4.47. The third-order valence-corrected chi connectivity index (χ3v) is 3.13. The summed E-state index contributed by atoms with van der Waals surface area (Å²) >= 11 is 9.09. The van der Waals surface area contributed by atoms with Crippen LogP contribution in [0.3, 0.4) is 0 Å². The zero-order chi connectivity index (χ0) is 14.0. The molecule has 0 aliphatic carbocycles. The molecule has 0 radical (unpaired) electrons. The van der Waals surface area contributed by atoms with Gasteiger partial charge in [0.1, 0.15) is 5.15 Å². The van der Waals surface area contributed by atoms with Gasteiger partial charge >= 0.3 is 0 Å². The molecule has 0 aromatic carbocycles. The van der Waals surface area contributed by atoms with E-state index in [0.717, 1.165) is 0 Å². The number of anilines is 1. The van der Waals surface area contributed by atoms with Gasteiger partial charge in [-0.25, -0.2) is 4.98 Å². The van der Waals surface area contributed by atoms with Crippen LogP contribution in [-0.2, 0) is 7.05 Å². The molecular weight excluding hydrogens is 334 g/mol. The number of hydrogen-bond donors (Lipinski definition) is 1. The summed E-state index contributed by atoms with van der Waals surface area (Å²) < 4.78 is 2.03. The smallest absolute Gasteiger partial charge is 0.258 e. The zero-order valence-electron chi connectivity index (χ0n) is 9.85. The number of halogens is 2. The van der Waals surface area contributed by atoms with Crippen LogP contribution in [0.2, 0.25) is 5.15 Å². The number of amides is 1. The minimum Gasteiger partial charge on any atom is -0.321 e. The van der Waals surface area contributed by atoms with Crippen LogP contribution in [0, 0.1) is 0 Å². The Morgan fingerprint density at radius 1 is 1.47 bits per heavy atom. The lowest BCUT2D eigenvalue weighted by atomic mass is 10.2. The molecule has 1 N–H and O–H groups in total. The molecule has 19 heavy (non-hydrogen) atoms. The second kappa shape index (κ2) is 5.54. The van der Waals surface area contributed by atoms with Crippen molar-refractivity contribution in [3.63, 3.8) is 0 Å². The highest BCUT2D eigenvalue weighted by molar-refractivity contribution is 9.10. The number of hydrogen-bond acceptors (Lipinski definition) is 3.